The van der Waals surface area contributed by atoms with E-state index in [2.05, 4.69) is 18.6 Å². The predicted octanol–water partition coefficient (Wildman–Crippen LogP) is 3.08. The highest BCUT2D eigenvalue weighted by molar-refractivity contribution is 7.88. The molecule has 8 heteroatoms. The lowest BCUT2D eigenvalue weighted by Crippen LogP contribution is -2.77. The van der Waals surface area contributed by atoms with Crippen LogP contribution in [0.4, 0.5) is 0 Å². The lowest BCUT2D eigenvalue weighted by atomic mass is 9.40. The van der Waals surface area contributed by atoms with Crippen molar-refractivity contribution in [2.24, 2.45) is 11.3 Å². The summed E-state index contributed by atoms with van der Waals surface area (Å²) in [5, 5.41) is 22.5. The summed E-state index contributed by atoms with van der Waals surface area (Å²) in [4.78, 5) is 0. The molecule has 0 spiro atoms. The highest BCUT2D eigenvalue weighted by atomic mass is 32.2. The normalized spacial score (nSPS) is 29.2. The molecule has 0 amide bonds. The van der Waals surface area contributed by atoms with Gasteiger partial charge in [0.05, 0.1) is 22.9 Å². The van der Waals surface area contributed by atoms with Gasteiger partial charge in [0.1, 0.15) is 0 Å². The molecule has 2 aromatic rings. The Balaban J connectivity index is 1.58. The zero-order chi connectivity index (χ0) is 23.9. The average Bonchev–Trinajstić information content (AvgIpc) is 2.75. The quantitative estimate of drug-likeness (QED) is 0.489. The van der Waals surface area contributed by atoms with Gasteiger partial charge in [0, 0.05) is 0 Å². The van der Waals surface area contributed by atoms with Crippen LogP contribution in [0.3, 0.4) is 0 Å². The van der Waals surface area contributed by atoms with Crippen LogP contribution in [0.1, 0.15) is 51.2 Å². The molecule has 5 rings (SSSR count). The van der Waals surface area contributed by atoms with Crippen molar-refractivity contribution in [3.8, 4) is 0 Å². The Morgan fingerprint density at radius 2 is 1.64 bits per heavy atom. The van der Waals surface area contributed by atoms with Gasteiger partial charge >= 0.3 is 7.12 Å². The number of hydrogen-bond donors (Lipinski definition) is 3. The summed E-state index contributed by atoms with van der Waals surface area (Å²) < 4.78 is 35.0. The third kappa shape index (κ3) is 4.64. The second-order valence-corrected chi connectivity index (χ2v) is 12.2. The van der Waals surface area contributed by atoms with Crippen molar-refractivity contribution in [1.29, 1.82) is 0 Å². The van der Waals surface area contributed by atoms with Crippen molar-refractivity contribution in [3.05, 3.63) is 71.8 Å². The second kappa shape index (κ2) is 8.82. The standard InChI is InChI=1S/C25H34BNO5S/c1-23(2)21-14-15-24(3,28)25(23,17-21)32-26(29)22(16-19-10-6-4-7-11-19)27-33(30,31)18-20-12-8-5-9-13-20/h4-13,21-22,27-29H,14-18H2,1-3H3/t21?,22-,24?,25?/m0/s1. The fourth-order valence-corrected chi connectivity index (χ4v) is 7.22. The molecule has 3 N–H and O–H groups in total. The van der Waals surface area contributed by atoms with Crippen LogP contribution in [0.2, 0.25) is 0 Å². The van der Waals surface area contributed by atoms with Crippen LogP contribution in [0.5, 0.6) is 0 Å². The second-order valence-electron chi connectivity index (χ2n) is 10.4. The zero-order valence-electron chi connectivity index (χ0n) is 19.6. The average molecular weight is 471 g/mol. The van der Waals surface area contributed by atoms with Gasteiger partial charge in [-0.25, -0.2) is 13.1 Å². The van der Waals surface area contributed by atoms with E-state index < -0.39 is 34.3 Å². The molecule has 3 aliphatic carbocycles. The molecule has 3 fully saturated rings. The number of sulfonamides is 1. The molecule has 0 radical (unpaired) electrons. The van der Waals surface area contributed by atoms with Gasteiger partial charge in [0.2, 0.25) is 10.0 Å². The molecular weight excluding hydrogens is 437 g/mol. The molecular formula is C25H34BNO5S. The van der Waals surface area contributed by atoms with Gasteiger partial charge in [-0.2, -0.15) is 0 Å². The summed E-state index contributed by atoms with van der Waals surface area (Å²) in [6.07, 6.45) is 2.42. The zero-order valence-corrected chi connectivity index (χ0v) is 20.4. The van der Waals surface area contributed by atoms with Crippen molar-refractivity contribution in [1.82, 2.24) is 4.72 Å². The Hall–Kier alpha value is -1.71. The molecule has 3 unspecified atom stereocenters. The van der Waals surface area contributed by atoms with Gasteiger partial charge in [-0.15, -0.1) is 0 Å². The number of fused-ring (bicyclic) bond motifs is 2. The Kier molecular flexibility index (Phi) is 6.53. The molecule has 178 valence electrons. The summed E-state index contributed by atoms with van der Waals surface area (Å²) in [5.74, 6) is -0.683. The van der Waals surface area contributed by atoms with Gasteiger partial charge in [-0.05, 0) is 55.1 Å². The number of hydrogen-bond acceptors (Lipinski definition) is 5. The maximum absolute atomic E-state index is 13.0. The summed E-state index contributed by atoms with van der Waals surface area (Å²) in [7, 11) is -5.17. The molecule has 6 nitrogen and oxygen atoms in total. The summed E-state index contributed by atoms with van der Waals surface area (Å²) >= 11 is 0. The Labute approximate surface area is 197 Å². The van der Waals surface area contributed by atoms with Gasteiger partial charge in [-0.3, -0.25) is 0 Å². The molecule has 4 atom stereocenters. The molecule has 3 aliphatic rings. The van der Waals surface area contributed by atoms with E-state index in [1.807, 2.05) is 36.4 Å². The Morgan fingerprint density at radius 3 is 2.18 bits per heavy atom. The minimum absolute atomic E-state index is 0.192. The minimum atomic E-state index is -3.76. The molecule has 0 aliphatic heterocycles. The lowest BCUT2D eigenvalue weighted by molar-refractivity contribution is -0.305. The number of aliphatic hydroxyl groups is 1. The molecule has 0 saturated heterocycles. The first-order valence-corrected chi connectivity index (χ1v) is 13.3. The first-order chi connectivity index (χ1) is 15.5. The van der Waals surface area contributed by atoms with Crippen LogP contribution < -0.4 is 4.72 Å². The smallest absolute Gasteiger partial charge is 0.426 e. The van der Waals surface area contributed by atoms with Gasteiger partial charge in [-0.1, -0.05) is 74.5 Å². The van der Waals surface area contributed by atoms with Crippen LogP contribution in [0, 0.1) is 11.3 Å². The Bertz CT molecular complexity index is 1050. The van der Waals surface area contributed by atoms with Crippen LogP contribution in [0.15, 0.2) is 60.7 Å². The first kappa shape index (κ1) is 24.4. The van der Waals surface area contributed by atoms with E-state index >= 15 is 0 Å². The van der Waals surface area contributed by atoms with Gasteiger partial charge < -0.3 is 14.8 Å². The number of benzene rings is 2. The van der Waals surface area contributed by atoms with E-state index in [9.17, 15) is 18.5 Å². The van der Waals surface area contributed by atoms with Crippen molar-refractivity contribution >= 4 is 17.1 Å². The fraction of sp³-hybridized carbons (Fsp3) is 0.520. The minimum Gasteiger partial charge on any atom is -0.426 e. The fourth-order valence-electron chi connectivity index (χ4n) is 5.85. The SMILES string of the molecule is CC1(O)CCC2CC1(OB(O)[C@H](Cc1ccccc1)NS(=O)(=O)Cc1ccccc1)C2(C)C. The molecule has 3 saturated carbocycles. The summed E-state index contributed by atoms with van der Waals surface area (Å²) in [6, 6.07) is 18.4. The van der Waals surface area contributed by atoms with Crippen LogP contribution in [-0.4, -0.2) is 42.8 Å². The third-order valence-corrected chi connectivity index (χ3v) is 9.32. The van der Waals surface area contributed by atoms with E-state index in [1.54, 1.807) is 31.2 Å². The van der Waals surface area contributed by atoms with Crippen LogP contribution >= 0.6 is 0 Å². The van der Waals surface area contributed by atoms with Crippen molar-refractivity contribution in [3.63, 3.8) is 0 Å². The predicted molar refractivity (Wildman–Crippen MR) is 130 cm³/mol. The molecule has 33 heavy (non-hydrogen) atoms. The first-order valence-electron chi connectivity index (χ1n) is 11.6. The van der Waals surface area contributed by atoms with Crippen molar-refractivity contribution in [2.75, 3.05) is 0 Å². The van der Waals surface area contributed by atoms with E-state index in [0.29, 0.717) is 24.3 Å². The van der Waals surface area contributed by atoms with Crippen LogP contribution in [0.25, 0.3) is 0 Å². The maximum Gasteiger partial charge on any atom is 0.474 e. The van der Waals surface area contributed by atoms with E-state index in [-0.39, 0.29) is 17.6 Å². The molecule has 2 aromatic carbocycles. The van der Waals surface area contributed by atoms with Gasteiger partial charge in [0.25, 0.3) is 0 Å². The van der Waals surface area contributed by atoms with E-state index in [0.717, 1.165) is 12.0 Å². The van der Waals surface area contributed by atoms with Crippen molar-refractivity contribution in [2.45, 2.75) is 69.4 Å². The topological polar surface area (TPSA) is 95.9 Å². The molecule has 0 heterocycles. The summed E-state index contributed by atoms with van der Waals surface area (Å²) in [6.45, 7) is 5.89. The van der Waals surface area contributed by atoms with E-state index in [1.165, 1.54) is 0 Å². The molecule has 0 aromatic heterocycles. The monoisotopic (exact) mass is 471 g/mol. The van der Waals surface area contributed by atoms with Gasteiger partial charge in [0.15, 0.2) is 0 Å². The molecule has 2 bridgehead atoms. The highest BCUT2D eigenvalue weighted by Gasteiger charge is 2.72. The van der Waals surface area contributed by atoms with E-state index in [4.69, 9.17) is 4.65 Å². The Morgan fingerprint density at radius 1 is 1.06 bits per heavy atom. The summed E-state index contributed by atoms with van der Waals surface area (Å²) in [5.41, 5.74) is -0.813. The maximum atomic E-state index is 13.0. The number of rotatable bonds is 9. The number of nitrogens with one attached hydrogen (secondary N) is 1. The highest BCUT2D eigenvalue weighted by Crippen LogP contribution is 2.67. The van der Waals surface area contributed by atoms with Crippen LogP contribution in [-0.2, 0) is 26.9 Å². The lowest BCUT2D eigenvalue weighted by Gasteiger charge is -2.71. The third-order valence-electron chi connectivity index (χ3n) is 7.94. The van der Waals surface area contributed by atoms with Crippen molar-refractivity contribution < 1.29 is 23.2 Å². The largest absolute Gasteiger partial charge is 0.474 e.